The van der Waals surface area contributed by atoms with Gasteiger partial charge in [0.05, 0.1) is 5.75 Å². The number of carbonyl (C=O) groups excluding carboxylic acids is 1. The lowest BCUT2D eigenvalue weighted by Gasteiger charge is -2.21. The Morgan fingerprint density at radius 2 is 1.64 bits per heavy atom. The van der Waals surface area contributed by atoms with Gasteiger partial charge in [-0.3, -0.25) is 9.36 Å². The molecule has 0 atom stereocenters. The van der Waals surface area contributed by atoms with Crippen LogP contribution in [0.3, 0.4) is 0 Å². The fourth-order valence-electron chi connectivity index (χ4n) is 3.78. The number of anilines is 2. The van der Waals surface area contributed by atoms with Crippen molar-refractivity contribution in [3.63, 3.8) is 0 Å². The molecule has 186 valence electrons. The summed E-state index contributed by atoms with van der Waals surface area (Å²) in [7, 11) is 0. The first-order valence-electron chi connectivity index (χ1n) is 12.0. The zero-order valence-electron chi connectivity index (χ0n) is 20.8. The monoisotopic (exact) mass is 501 g/mol. The molecule has 0 radical (unpaired) electrons. The van der Waals surface area contributed by atoms with Crippen molar-refractivity contribution in [3.8, 4) is 11.4 Å². The molecule has 36 heavy (non-hydrogen) atoms. The van der Waals surface area contributed by atoms with Crippen molar-refractivity contribution in [2.75, 3.05) is 29.1 Å². The maximum absolute atomic E-state index is 12.7. The van der Waals surface area contributed by atoms with Gasteiger partial charge in [0.25, 0.3) is 0 Å². The third-order valence-corrected chi connectivity index (χ3v) is 6.64. The highest BCUT2D eigenvalue weighted by molar-refractivity contribution is 7.99. The SMILES string of the molecule is CCN(CC)c1ccc(NC(=O)CSc2nnc(COc3ccc(C)cc3)n2-c2ccccc2)cc1. The lowest BCUT2D eigenvalue weighted by Crippen LogP contribution is -2.21. The summed E-state index contributed by atoms with van der Waals surface area (Å²) in [6.45, 7) is 8.45. The van der Waals surface area contributed by atoms with E-state index in [9.17, 15) is 4.79 Å². The highest BCUT2D eigenvalue weighted by atomic mass is 32.2. The number of nitrogens with zero attached hydrogens (tertiary/aromatic N) is 4. The van der Waals surface area contributed by atoms with Crippen LogP contribution in [0, 0.1) is 6.92 Å². The summed E-state index contributed by atoms with van der Waals surface area (Å²) < 4.78 is 7.89. The Bertz CT molecular complexity index is 1250. The van der Waals surface area contributed by atoms with E-state index in [0.717, 1.165) is 35.9 Å². The zero-order valence-corrected chi connectivity index (χ0v) is 21.7. The second-order valence-corrected chi connectivity index (χ2v) is 9.17. The van der Waals surface area contributed by atoms with Crippen molar-refractivity contribution in [3.05, 3.63) is 90.3 Å². The molecule has 8 heteroatoms. The molecule has 4 rings (SSSR count). The highest BCUT2D eigenvalue weighted by Gasteiger charge is 2.17. The first kappa shape index (κ1) is 25.3. The Labute approximate surface area is 216 Å². The number of hydrogen-bond donors (Lipinski definition) is 1. The van der Waals surface area contributed by atoms with E-state index in [-0.39, 0.29) is 18.3 Å². The molecule has 7 nitrogen and oxygen atoms in total. The van der Waals surface area contributed by atoms with Crippen LogP contribution in [0.5, 0.6) is 5.75 Å². The average Bonchev–Trinajstić information content (AvgIpc) is 3.32. The van der Waals surface area contributed by atoms with Crippen LogP contribution in [-0.2, 0) is 11.4 Å². The molecule has 1 aromatic heterocycles. The zero-order chi connectivity index (χ0) is 25.3. The molecule has 0 aliphatic rings. The predicted octanol–water partition coefficient (Wildman–Crippen LogP) is 5.73. The quantitative estimate of drug-likeness (QED) is 0.265. The van der Waals surface area contributed by atoms with Crippen molar-refractivity contribution < 1.29 is 9.53 Å². The van der Waals surface area contributed by atoms with Gasteiger partial charge >= 0.3 is 0 Å². The van der Waals surface area contributed by atoms with Crippen molar-refractivity contribution in [1.82, 2.24) is 14.8 Å². The molecule has 1 amide bonds. The minimum absolute atomic E-state index is 0.101. The van der Waals surface area contributed by atoms with Crippen LogP contribution in [0.4, 0.5) is 11.4 Å². The minimum atomic E-state index is -0.101. The Morgan fingerprint density at radius 3 is 2.31 bits per heavy atom. The van der Waals surface area contributed by atoms with Gasteiger partial charge in [0.1, 0.15) is 12.4 Å². The van der Waals surface area contributed by atoms with E-state index < -0.39 is 0 Å². The summed E-state index contributed by atoms with van der Waals surface area (Å²) in [5.74, 6) is 1.54. The van der Waals surface area contributed by atoms with E-state index in [2.05, 4.69) is 34.3 Å². The van der Waals surface area contributed by atoms with Crippen LogP contribution in [-0.4, -0.2) is 39.5 Å². The van der Waals surface area contributed by atoms with E-state index >= 15 is 0 Å². The van der Waals surface area contributed by atoms with E-state index in [0.29, 0.717) is 11.0 Å². The number of hydrogen-bond acceptors (Lipinski definition) is 6. The molecule has 3 aromatic carbocycles. The molecule has 0 fully saturated rings. The second-order valence-electron chi connectivity index (χ2n) is 8.23. The fraction of sp³-hybridized carbons (Fsp3) is 0.250. The van der Waals surface area contributed by atoms with Crippen molar-refractivity contribution in [2.24, 2.45) is 0 Å². The van der Waals surface area contributed by atoms with Gasteiger partial charge in [-0.15, -0.1) is 10.2 Å². The first-order valence-corrected chi connectivity index (χ1v) is 13.0. The van der Waals surface area contributed by atoms with Gasteiger partial charge in [0.15, 0.2) is 11.0 Å². The normalized spacial score (nSPS) is 10.8. The van der Waals surface area contributed by atoms with Gasteiger partial charge in [-0.2, -0.15) is 0 Å². The first-order chi connectivity index (χ1) is 17.6. The topological polar surface area (TPSA) is 72.3 Å². The van der Waals surface area contributed by atoms with Crippen LogP contribution in [0.1, 0.15) is 25.2 Å². The Balaban J connectivity index is 1.43. The number of ether oxygens (including phenoxy) is 1. The number of benzene rings is 3. The molecule has 4 aromatic rings. The Kier molecular flexibility index (Phi) is 8.62. The molecular formula is C28H31N5O2S. The van der Waals surface area contributed by atoms with Gasteiger partial charge in [0.2, 0.25) is 5.91 Å². The molecule has 1 N–H and O–H groups in total. The van der Waals surface area contributed by atoms with E-state index in [1.165, 1.54) is 17.3 Å². The van der Waals surface area contributed by atoms with E-state index in [1.54, 1.807) is 0 Å². The summed E-state index contributed by atoms with van der Waals surface area (Å²) in [6.07, 6.45) is 0. The number of para-hydroxylation sites is 1. The van der Waals surface area contributed by atoms with Gasteiger partial charge in [0, 0.05) is 30.2 Å². The largest absolute Gasteiger partial charge is 0.486 e. The van der Waals surface area contributed by atoms with E-state index in [1.807, 2.05) is 90.4 Å². The third-order valence-electron chi connectivity index (χ3n) is 5.72. The number of rotatable bonds is 11. The predicted molar refractivity (Wildman–Crippen MR) is 146 cm³/mol. The summed E-state index contributed by atoms with van der Waals surface area (Å²) in [5.41, 5.74) is 4.00. The fourth-order valence-corrected chi connectivity index (χ4v) is 4.55. The van der Waals surface area contributed by atoms with Gasteiger partial charge in [-0.05, 0) is 69.3 Å². The average molecular weight is 502 g/mol. The lowest BCUT2D eigenvalue weighted by atomic mass is 10.2. The molecule has 0 bridgehead atoms. The van der Waals surface area contributed by atoms with Crippen LogP contribution in [0.2, 0.25) is 0 Å². The molecular weight excluding hydrogens is 470 g/mol. The van der Waals surface area contributed by atoms with Crippen LogP contribution in [0.15, 0.2) is 84.0 Å². The third kappa shape index (κ3) is 6.46. The molecule has 0 spiro atoms. The van der Waals surface area contributed by atoms with Crippen LogP contribution < -0.4 is 15.0 Å². The smallest absolute Gasteiger partial charge is 0.234 e. The van der Waals surface area contributed by atoms with Crippen molar-refractivity contribution in [2.45, 2.75) is 32.5 Å². The molecule has 0 saturated heterocycles. The molecule has 0 aliphatic carbocycles. The number of aryl methyl sites for hydroxylation is 1. The number of thioether (sulfide) groups is 1. The van der Waals surface area contributed by atoms with E-state index in [4.69, 9.17) is 4.74 Å². The number of aromatic nitrogens is 3. The molecule has 0 aliphatic heterocycles. The molecule has 1 heterocycles. The summed E-state index contributed by atoms with van der Waals surface area (Å²) in [5, 5.41) is 12.3. The van der Waals surface area contributed by atoms with Gasteiger partial charge < -0.3 is 15.0 Å². The number of carbonyl (C=O) groups is 1. The second kappa shape index (κ2) is 12.3. The van der Waals surface area contributed by atoms with Gasteiger partial charge in [-0.1, -0.05) is 47.7 Å². The molecule has 0 unspecified atom stereocenters. The van der Waals surface area contributed by atoms with Gasteiger partial charge in [-0.25, -0.2) is 0 Å². The molecule has 0 saturated carbocycles. The summed E-state index contributed by atoms with van der Waals surface area (Å²) >= 11 is 1.34. The maximum Gasteiger partial charge on any atom is 0.234 e. The summed E-state index contributed by atoms with van der Waals surface area (Å²) in [6, 6.07) is 25.7. The lowest BCUT2D eigenvalue weighted by molar-refractivity contribution is -0.113. The summed E-state index contributed by atoms with van der Waals surface area (Å²) in [4.78, 5) is 14.9. The standard InChI is InChI=1S/C28H31N5O2S/c1-4-32(5-2)23-15-13-22(14-16-23)29-27(34)20-36-28-31-30-26(33(28)24-9-7-6-8-10-24)19-35-25-17-11-21(3)12-18-25/h6-18H,4-5,19-20H2,1-3H3,(H,29,34). The Hall–Kier alpha value is -3.78. The van der Waals surface area contributed by atoms with Crippen LogP contribution in [0.25, 0.3) is 5.69 Å². The highest BCUT2D eigenvalue weighted by Crippen LogP contribution is 2.24. The Morgan fingerprint density at radius 1 is 0.944 bits per heavy atom. The minimum Gasteiger partial charge on any atom is -0.486 e. The van der Waals surface area contributed by atoms with Crippen molar-refractivity contribution >= 4 is 29.0 Å². The van der Waals surface area contributed by atoms with Crippen molar-refractivity contribution in [1.29, 1.82) is 0 Å². The number of amides is 1. The number of nitrogens with one attached hydrogen (secondary N) is 1. The maximum atomic E-state index is 12.7. The van der Waals surface area contributed by atoms with Crippen LogP contribution >= 0.6 is 11.8 Å².